The molecular formula is C13H12ClNO3. The Balaban J connectivity index is 2.29. The molecule has 1 aromatic carbocycles. The smallest absolute Gasteiger partial charge is 0.373 e. The lowest BCUT2D eigenvalue weighted by atomic mass is 10.1. The van der Waals surface area contributed by atoms with Crippen molar-refractivity contribution in [2.45, 2.75) is 6.04 Å². The molecule has 0 saturated heterocycles. The summed E-state index contributed by atoms with van der Waals surface area (Å²) in [7, 11) is 1.29. The van der Waals surface area contributed by atoms with Crippen LogP contribution in [0.2, 0.25) is 5.02 Å². The highest BCUT2D eigenvalue weighted by atomic mass is 35.5. The number of furan rings is 1. The van der Waals surface area contributed by atoms with Gasteiger partial charge in [0.05, 0.1) is 13.2 Å². The van der Waals surface area contributed by atoms with Gasteiger partial charge in [0.15, 0.2) is 0 Å². The first-order valence-electron chi connectivity index (χ1n) is 5.31. The lowest BCUT2D eigenvalue weighted by Crippen LogP contribution is -2.11. The summed E-state index contributed by atoms with van der Waals surface area (Å²) in [4.78, 5) is 11.3. The zero-order valence-corrected chi connectivity index (χ0v) is 10.5. The number of ether oxygens (including phenoxy) is 1. The fourth-order valence-corrected chi connectivity index (χ4v) is 1.86. The highest BCUT2D eigenvalue weighted by Crippen LogP contribution is 2.27. The normalized spacial score (nSPS) is 12.2. The molecule has 2 aromatic rings. The Labute approximate surface area is 109 Å². The maximum atomic E-state index is 11.3. The average Bonchev–Trinajstić information content (AvgIpc) is 2.87. The van der Waals surface area contributed by atoms with Crippen molar-refractivity contribution >= 4 is 17.6 Å². The van der Waals surface area contributed by atoms with E-state index in [4.69, 9.17) is 21.8 Å². The summed E-state index contributed by atoms with van der Waals surface area (Å²) in [5.74, 6) is 0.0473. The summed E-state index contributed by atoms with van der Waals surface area (Å²) in [6, 6.07) is 9.87. The third-order valence-electron chi connectivity index (χ3n) is 2.56. The number of nitrogens with two attached hydrogens (primary N) is 1. The zero-order valence-electron chi connectivity index (χ0n) is 9.72. The van der Waals surface area contributed by atoms with Gasteiger partial charge in [-0.1, -0.05) is 29.8 Å². The standard InChI is InChI=1S/C13H12ClNO3/c1-17-13(16)11-7-6-10(18-11)12(15)8-4-2-3-5-9(8)14/h2-7,12H,15H2,1H3. The van der Waals surface area contributed by atoms with Crippen LogP contribution in [0.25, 0.3) is 0 Å². The van der Waals surface area contributed by atoms with Gasteiger partial charge in [0, 0.05) is 5.02 Å². The topological polar surface area (TPSA) is 65.5 Å². The van der Waals surface area contributed by atoms with Crippen LogP contribution in [0.3, 0.4) is 0 Å². The molecule has 0 fully saturated rings. The summed E-state index contributed by atoms with van der Waals surface area (Å²) in [6.45, 7) is 0. The van der Waals surface area contributed by atoms with Gasteiger partial charge in [-0.25, -0.2) is 4.79 Å². The molecule has 1 unspecified atom stereocenters. The second-order valence-electron chi connectivity index (χ2n) is 3.69. The van der Waals surface area contributed by atoms with Crippen LogP contribution in [0.15, 0.2) is 40.8 Å². The minimum absolute atomic E-state index is 0.120. The fraction of sp³-hybridized carbons (Fsp3) is 0.154. The van der Waals surface area contributed by atoms with E-state index in [1.165, 1.54) is 13.2 Å². The second-order valence-corrected chi connectivity index (χ2v) is 4.10. The van der Waals surface area contributed by atoms with E-state index < -0.39 is 12.0 Å². The highest BCUT2D eigenvalue weighted by molar-refractivity contribution is 6.31. The van der Waals surface area contributed by atoms with Crippen LogP contribution in [-0.2, 0) is 4.74 Å². The molecule has 4 nitrogen and oxygen atoms in total. The van der Waals surface area contributed by atoms with Crippen molar-refractivity contribution in [3.63, 3.8) is 0 Å². The Morgan fingerprint density at radius 3 is 2.72 bits per heavy atom. The highest BCUT2D eigenvalue weighted by Gasteiger charge is 2.18. The number of rotatable bonds is 3. The molecule has 94 valence electrons. The van der Waals surface area contributed by atoms with Crippen molar-refractivity contribution in [1.82, 2.24) is 0 Å². The summed E-state index contributed by atoms with van der Waals surface area (Å²) in [5.41, 5.74) is 6.78. The van der Waals surface area contributed by atoms with Crippen LogP contribution in [0.1, 0.15) is 27.9 Å². The first kappa shape index (κ1) is 12.7. The molecular weight excluding hydrogens is 254 g/mol. The number of methoxy groups -OCH3 is 1. The van der Waals surface area contributed by atoms with Crippen LogP contribution in [0.4, 0.5) is 0 Å². The van der Waals surface area contributed by atoms with Gasteiger partial charge < -0.3 is 14.9 Å². The number of benzene rings is 1. The van der Waals surface area contributed by atoms with Gasteiger partial charge in [-0.15, -0.1) is 0 Å². The molecule has 5 heteroatoms. The van der Waals surface area contributed by atoms with Crippen molar-refractivity contribution < 1.29 is 13.9 Å². The third kappa shape index (κ3) is 2.39. The van der Waals surface area contributed by atoms with Crippen molar-refractivity contribution in [2.24, 2.45) is 5.73 Å². The van der Waals surface area contributed by atoms with Crippen LogP contribution in [0, 0.1) is 0 Å². The van der Waals surface area contributed by atoms with Crippen LogP contribution in [-0.4, -0.2) is 13.1 Å². The predicted octanol–water partition coefficient (Wildman–Crippen LogP) is 2.77. The minimum Gasteiger partial charge on any atom is -0.463 e. The number of carbonyl (C=O) groups is 1. The van der Waals surface area contributed by atoms with Gasteiger partial charge in [-0.3, -0.25) is 0 Å². The average molecular weight is 266 g/mol. The number of halogens is 1. The second kappa shape index (κ2) is 5.25. The molecule has 0 bridgehead atoms. The molecule has 0 amide bonds. The van der Waals surface area contributed by atoms with Gasteiger partial charge in [-0.05, 0) is 23.8 Å². The van der Waals surface area contributed by atoms with Crippen molar-refractivity contribution in [1.29, 1.82) is 0 Å². The SMILES string of the molecule is COC(=O)c1ccc(C(N)c2ccccc2Cl)o1. The van der Waals surface area contributed by atoms with E-state index in [-0.39, 0.29) is 5.76 Å². The maximum Gasteiger partial charge on any atom is 0.373 e. The van der Waals surface area contributed by atoms with Crippen molar-refractivity contribution in [3.05, 3.63) is 58.5 Å². The molecule has 0 spiro atoms. The van der Waals surface area contributed by atoms with Crippen LogP contribution >= 0.6 is 11.6 Å². The molecule has 0 radical (unpaired) electrons. The van der Waals surface area contributed by atoms with Crippen molar-refractivity contribution in [3.8, 4) is 0 Å². The number of carbonyl (C=O) groups excluding carboxylic acids is 1. The largest absolute Gasteiger partial charge is 0.463 e. The molecule has 18 heavy (non-hydrogen) atoms. The molecule has 1 atom stereocenters. The van der Waals surface area contributed by atoms with E-state index >= 15 is 0 Å². The monoisotopic (exact) mass is 265 g/mol. The van der Waals surface area contributed by atoms with E-state index in [0.29, 0.717) is 10.8 Å². The van der Waals surface area contributed by atoms with Gasteiger partial charge in [0.2, 0.25) is 5.76 Å². The molecule has 0 aliphatic carbocycles. The van der Waals surface area contributed by atoms with Crippen LogP contribution in [0.5, 0.6) is 0 Å². The van der Waals surface area contributed by atoms with E-state index in [1.54, 1.807) is 12.1 Å². The van der Waals surface area contributed by atoms with E-state index in [1.807, 2.05) is 18.2 Å². The Morgan fingerprint density at radius 2 is 2.06 bits per heavy atom. The predicted molar refractivity (Wildman–Crippen MR) is 67.5 cm³/mol. The summed E-state index contributed by atoms with van der Waals surface area (Å²) >= 11 is 6.05. The summed E-state index contributed by atoms with van der Waals surface area (Å²) in [6.07, 6.45) is 0. The first-order chi connectivity index (χ1) is 8.63. The van der Waals surface area contributed by atoms with Gasteiger partial charge in [-0.2, -0.15) is 0 Å². The Hall–Kier alpha value is -1.78. The van der Waals surface area contributed by atoms with E-state index in [2.05, 4.69) is 4.74 Å². The number of hydrogen-bond donors (Lipinski definition) is 1. The quantitative estimate of drug-likeness (QED) is 0.867. The van der Waals surface area contributed by atoms with E-state index in [9.17, 15) is 4.79 Å². The first-order valence-corrected chi connectivity index (χ1v) is 5.69. The van der Waals surface area contributed by atoms with Gasteiger partial charge >= 0.3 is 5.97 Å². The minimum atomic E-state index is -0.535. The lowest BCUT2D eigenvalue weighted by Gasteiger charge is -2.10. The van der Waals surface area contributed by atoms with Crippen molar-refractivity contribution in [2.75, 3.05) is 7.11 Å². The summed E-state index contributed by atoms with van der Waals surface area (Å²) in [5, 5.41) is 0.556. The molecule has 0 saturated carbocycles. The Bertz CT molecular complexity index is 565. The number of esters is 1. The van der Waals surface area contributed by atoms with Gasteiger partial charge in [0.1, 0.15) is 5.76 Å². The Morgan fingerprint density at radius 1 is 1.33 bits per heavy atom. The van der Waals surface area contributed by atoms with Gasteiger partial charge in [0.25, 0.3) is 0 Å². The fourth-order valence-electron chi connectivity index (χ4n) is 1.61. The molecule has 1 aromatic heterocycles. The molecule has 2 rings (SSSR count). The molecule has 2 N–H and O–H groups in total. The maximum absolute atomic E-state index is 11.3. The lowest BCUT2D eigenvalue weighted by molar-refractivity contribution is 0.0562. The van der Waals surface area contributed by atoms with E-state index in [0.717, 1.165) is 5.56 Å². The molecule has 0 aliphatic heterocycles. The summed E-state index contributed by atoms with van der Waals surface area (Å²) < 4.78 is 9.91. The third-order valence-corrected chi connectivity index (χ3v) is 2.90. The molecule has 1 heterocycles. The molecule has 0 aliphatic rings. The zero-order chi connectivity index (χ0) is 13.1. The van der Waals surface area contributed by atoms with Crippen LogP contribution < -0.4 is 5.73 Å². The Kier molecular flexibility index (Phi) is 3.69. The number of hydrogen-bond acceptors (Lipinski definition) is 4.